The number of ether oxygens (including phenoxy) is 1. The molecule has 0 bridgehead atoms. The molecule has 1 N–H and O–H groups in total. The van der Waals surface area contributed by atoms with Gasteiger partial charge in [-0.1, -0.05) is 19.1 Å². The Kier molecular flexibility index (Phi) is 6.82. The van der Waals surface area contributed by atoms with Gasteiger partial charge in [-0.3, -0.25) is 14.5 Å². The molecule has 1 aromatic carbocycles. The summed E-state index contributed by atoms with van der Waals surface area (Å²) < 4.78 is 5.30. The summed E-state index contributed by atoms with van der Waals surface area (Å²) >= 11 is 0. The second-order valence-electron chi connectivity index (χ2n) is 6.60. The molecule has 0 spiro atoms. The van der Waals surface area contributed by atoms with Gasteiger partial charge in [0.15, 0.2) is 0 Å². The second-order valence-corrected chi connectivity index (χ2v) is 6.60. The van der Waals surface area contributed by atoms with Crippen LogP contribution in [0.25, 0.3) is 0 Å². The average molecular weight is 347 g/mol. The zero-order valence-electron chi connectivity index (χ0n) is 15.7. The molecule has 1 heterocycles. The van der Waals surface area contributed by atoms with Crippen LogP contribution in [0.2, 0.25) is 0 Å². The van der Waals surface area contributed by atoms with Gasteiger partial charge in [0, 0.05) is 33.2 Å². The van der Waals surface area contributed by atoms with E-state index in [2.05, 4.69) is 16.3 Å². The molecular formula is C19H29N3O3. The molecular weight excluding hydrogens is 318 g/mol. The Labute approximate surface area is 150 Å². The molecule has 1 atom stereocenters. The van der Waals surface area contributed by atoms with Gasteiger partial charge in [-0.25, -0.2) is 0 Å². The van der Waals surface area contributed by atoms with Gasteiger partial charge in [0.25, 0.3) is 0 Å². The average Bonchev–Trinajstić information content (AvgIpc) is 2.58. The minimum absolute atomic E-state index is 0.0137. The van der Waals surface area contributed by atoms with E-state index in [0.29, 0.717) is 19.6 Å². The molecule has 0 radical (unpaired) electrons. The first-order chi connectivity index (χ1) is 12.0. The number of amides is 2. The van der Waals surface area contributed by atoms with Crippen LogP contribution in [0.15, 0.2) is 18.2 Å². The smallest absolute Gasteiger partial charge is 0.237 e. The van der Waals surface area contributed by atoms with Crippen molar-refractivity contribution < 1.29 is 14.3 Å². The molecule has 1 aliphatic rings. The number of benzene rings is 1. The molecule has 1 aliphatic heterocycles. The lowest BCUT2D eigenvalue weighted by atomic mass is 10.0. The summed E-state index contributed by atoms with van der Waals surface area (Å²) in [6.45, 7) is 6.76. The molecule has 1 saturated heterocycles. The van der Waals surface area contributed by atoms with E-state index in [1.165, 1.54) is 0 Å². The Hall–Kier alpha value is -2.08. The van der Waals surface area contributed by atoms with Crippen molar-refractivity contribution in [2.45, 2.75) is 39.3 Å². The van der Waals surface area contributed by atoms with Crippen LogP contribution < -0.4 is 10.1 Å². The van der Waals surface area contributed by atoms with E-state index >= 15 is 0 Å². The number of carbonyl (C=O) groups is 2. The molecule has 0 aromatic heterocycles. The third-order valence-corrected chi connectivity index (χ3v) is 4.64. The topological polar surface area (TPSA) is 61.9 Å². The number of nitrogens with zero attached hydrogens (tertiary/aromatic N) is 2. The lowest BCUT2D eigenvalue weighted by molar-refractivity contribution is -0.138. The van der Waals surface area contributed by atoms with Gasteiger partial charge in [-0.05, 0) is 30.5 Å². The van der Waals surface area contributed by atoms with Gasteiger partial charge >= 0.3 is 0 Å². The number of hydrogen-bond donors (Lipinski definition) is 1. The van der Waals surface area contributed by atoms with E-state index < -0.39 is 6.04 Å². The van der Waals surface area contributed by atoms with Crippen molar-refractivity contribution in [2.24, 2.45) is 0 Å². The van der Waals surface area contributed by atoms with Crippen LogP contribution in [0.4, 0.5) is 0 Å². The Morgan fingerprint density at radius 2 is 2.20 bits per heavy atom. The molecule has 6 nitrogen and oxygen atoms in total. The van der Waals surface area contributed by atoms with E-state index in [1.807, 2.05) is 26.0 Å². The first-order valence-corrected chi connectivity index (χ1v) is 8.85. The summed E-state index contributed by atoms with van der Waals surface area (Å²) in [4.78, 5) is 28.5. The van der Waals surface area contributed by atoms with E-state index in [1.54, 1.807) is 19.1 Å². The molecule has 2 amide bonds. The van der Waals surface area contributed by atoms with E-state index in [9.17, 15) is 9.59 Å². The first-order valence-electron chi connectivity index (χ1n) is 8.85. The van der Waals surface area contributed by atoms with Gasteiger partial charge in [-0.15, -0.1) is 0 Å². The van der Waals surface area contributed by atoms with E-state index in [-0.39, 0.29) is 18.2 Å². The summed E-state index contributed by atoms with van der Waals surface area (Å²) in [5, 5.41) is 2.88. The van der Waals surface area contributed by atoms with Crippen molar-refractivity contribution in [3.8, 4) is 5.75 Å². The first kappa shape index (κ1) is 19.2. The van der Waals surface area contributed by atoms with Gasteiger partial charge in [0.05, 0.1) is 19.6 Å². The molecule has 0 saturated carbocycles. The SMILES string of the molecule is CCCN(C)C(=O)C[C@@H]1C(=O)NCCN1Cc1ccc(OC)c(C)c1. The van der Waals surface area contributed by atoms with Crippen LogP contribution in [0.3, 0.4) is 0 Å². The van der Waals surface area contributed by atoms with Crippen LogP contribution in [0.5, 0.6) is 5.75 Å². The predicted octanol–water partition coefficient (Wildman–Crippen LogP) is 1.56. The standard InChI is InChI=1S/C19H29N3O3/c1-5-9-21(3)18(23)12-16-19(24)20-8-10-22(16)13-15-6-7-17(25-4)14(2)11-15/h6-7,11,16H,5,8-10,12-13H2,1-4H3,(H,20,24)/t16-/m1/s1. The minimum atomic E-state index is -0.414. The normalized spacial score (nSPS) is 17.9. The number of carbonyl (C=O) groups excluding carboxylic acids is 2. The third kappa shape index (κ3) is 4.95. The Balaban J connectivity index is 2.09. The third-order valence-electron chi connectivity index (χ3n) is 4.64. The van der Waals surface area contributed by atoms with Crippen molar-refractivity contribution in [1.82, 2.24) is 15.1 Å². The van der Waals surface area contributed by atoms with Gasteiger partial charge in [0.2, 0.25) is 11.8 Å². The fourth-order valence-corrected chi connectivity index (χ4v) is 3.23. The van der Waals surface area contributed by atoms with Gasteiger partial charge < -0.3 is 15.0 Å². The lowest BCUT2D eigenvalue weighted by Gasteiger charge is -2.35. The second kappa shape index (κ2) is 8.85. The highest BCUT2D eigenvalue weighted by molar-refractivity contribution is 5.88. The van der Waals surface area contributed by atoms with Gasteiger partial charge in [0.1, 0.15) is 5.75 Å². The van der Waals surface area contributed by atoms with Crippen LogP contribution in [0, 0.1) is 6.92 Å². The van der Waals surface area contributed by atoms with Crippen LogP contribution in [-0.2, 0) is 16.1 Å². The fourth-order valence-electron chi connectivity index (χ4n) is 3.23. The van der Waals surface area contributed by atoms with Crippen LogP contribution >= 0.6 is 0 Å². The Morgan fingerprint density at radius 1 is 1.44 bits per heavy atom. The van der Waals surface area contributed by atoms with E-state index in [4.69, 9.17) is 4.74 Å². The van der Waals surface area contributed by atoms with E-state index in [0.717, 1.165) is 29.8 Å². The number of hydrogen-bond acceptors (Lipinski definition) is 4. The van der Waals surface area contributed by atoms with Crippen molar-refractivity contribution in [3.63, 3.8) is 0 Å². The van der Waals surface area contributed by atoms with Crippen LogP contribution in [-0.4, -0.2) is 61.4 Å². The van der Waals surface area contributed by atoms with Crippen molar-refractivity contribution >= 4 is 11.8 Å². The molecule has 0 unspecified atom stereocenters. The fraction of sp³-hybridized carbons (Fsp3) is 0.579. The summed E-state index contributed by atoms with van der Waals surface area (Å²) in [5.41, 5.74) is 2.18. The summed E-state index contributed by atoms with van der Waals surface area (Å²) in [7, 11) is 3.45. The molecule has 138 valence electrons. The zero-order valence-corrected chi connectivity index (χ0v) is 15.7. The van der Waals surface area contributed by atoms with Crippen molar-refractivity contribution in [2.75, 3.05) is 33.8 Å². The quantitative estimate of drug-likeness (QED) is 0.813. The molecule has 0 aliphatic carbocycles. The Morgan fingerprint density at radius 3 is 2.84 bits per heavy atom. The van der Waals surface area contributed by atoms with Crippen molar-refractivity contribution in [3.05, 3.63) is 29.3 Å². The summed E-state index contributed by atoms with van der Waals surface area (Å²) in [6.07, 6.45) is 1.13. The summed E-state index contributed by atoms with van der Waals surface area (Å²) in [6, 6.07) is 5.63. The highest BCUT2D eigenvalue weighted by atomic mass is 16.5. The molecule has 1 fully saturated rings. The number of piperazine rings is 1. The van der Waals surface area contributed by atoms with Crippen molar-refractivity contribution in [1.29, 1.82) is 0 Å². The molecule has 1 aromatic rings. The molecule has 25 heavy (non-hydrogen) atoms. The maximum absolute atomic E-state index is 12.4. The monoisotopic (exact) mass is 347 g/mol. The maximum Gasteiger partial charge on any atom is 0.237 e. The number of nitrogens with one attached hydrogen (secondary N) is 1. The minimum Gasteiger partial charge on any atom is -0.496 e. The lowest BCUT2D eigenvalue weighted by Crippen LogP contribution is -2.56. The molecule has 2 rings (SSSR count). The van der Waals surface area contributed by atoms with Crippen LogP contribution in [0.1, 0.15) is 30.9 Å². The summed E-state index contributed by atoms with van der Waals surface area (Å²) in [5.74, 6) is 0.808. The maximum atomic E-state index is 12.4. The number of methoxy groups -OCH3 is 1. The highest BCUT2D eigenvalue weighted by Gasteiger charge is 2.32. The largest absolute Gasteiger partial charge is 0.496 e. The molecule has 6 heteroatoms. The highest BCUT2D eigenvalue weighted by Crippen LogP contribution is 2.21. The number of aryl methyl sites for hydroxylation is 1. The predicted molar refractivity (Wildman–Crippen MR) is 97.5 cm³/mol. The zero-order chi connectivity index (χ0) is 18.4. The van der Waals surface area contributed by atoms with Gasteiger partial charge in [-0.2, -0.15) is 0 Å². The number of rotatable bonds is 7. The Bertz CT molecular complexity index is 618.